The fourth-order valence-electron chi connectivity index (χ4n) is 8.10. The number of carbonyl (C=O) groups is 4. The van der Waals surface area contributed by atoms with Gasteiger partial charge in [-0.25, -0.2) is 9.78 Å². The van der Waals surface area contributed by atoms with Crippen LogP contribution in [0.1, 0.15) is 39.1 Å². The van der Waals surface area contributed by atoms with Crippen LogP contribution in [0.4, 0.5) is 5.69 Å². The Kier molecular flexibility index (Phi) is 8.22. The summed E-state index contributed by atoms with van der Waals surface area (Å²) in [5, 5.41) is 1.40. The number of allylic oxidation sites excluding steroid dienone is 2. The van der Waals surface area contributed by atoms with Crippen molar-refractivity contribution in [3.63, 3.8) is 0 Å². The summed E-state index contributed by atoms with van der Waals surface area (Å²) in [6.45, 7) is 1.81. The third-order valence-electron chi connectivity index (χ3n) is 10.6. The maximum Gasteiger partial charge on any atom is 0.339 e. The Morgan fingerprint density at radius 1 is 0.959 bits per heavy atom. The van der Waals surface area contributed by atoms with Crippen molar-refractivity contribution in [1.82, 2.24) is 4.98 Å². The van der Waals surface area contributed by atoms with Crippen molar-refractivity contribution in [1.29, 1.82) is 0 Å². The summed E-state index contributed by atoms with van der Waals surface area (Å²) in [6.07, 6.45) is 4.39. The molecule has 2 heterocycles. The maximum atomic E-state index is 13.9. The summed E-state index contributed by atoms with van der Waals surface area (Å²) < 4.78 is 6.43. The van der Waals surface area contributed by atoms with Gasteiger partial charge in [0, 0.05) is 38.3 Å². The highest BCUT2D eigenvalue weighted by Gasteiger charge is 2.67. The third kappa shape index (κ3) is 5.34. The zero-order valence-corrected chi connectivity index (χ0v) is 29.9. The minimum Gasteiger partial charge on any atom is -0.450 e. The molecule has 4 aliphatic carbocycles. The van der Waals surface area contributed by atoms with E-state index in [0.717, 1.165) is 6.42 Å². The molecule has 1 saturated heterocycles. The van der Waals surface area contributed by atoms with Gasteiger partial charge in [0.05, 0.1) is 39.3 Å². The summed E-state index contributed by atoms with van der Waals surface area (Å²) in [5.74, 6) is -0.543. The molecule has 49 heavy (non-hydrogen) atoms. The lowest BCUT2D eigenvalue weighted by molar-refractivity contribution is -0.124. The number of nitrogens with zero attached hydrogens (tertiary/aromatic N) is 2. The number of amides is 2. The number of Topliss-reactive ketones (excluding diaryl/α,β-unsaturated/α-hetero) is 1. The minimum atomic E-state index is -1.13. The van der Waals surface area contributed by atoms with Crippen molar-refractivity contribution in [2.75, 3.05) is 10.8 Å². The molecule has 2 saturated carbocycles. The number of fused-ring (bicyclic) bond motifs is 1. The second-order valence-corrected chi connectivity index (χ2v) is 15.3. The summed E-state index contributed by atoms with van der Waals surface area (Å²) >= 11 is 22.1. The lowest BCUT2D eigenvalue weighted by Crippen LogP contribution is -2.40. The molecule has 7 atom stereocenters. The molecule has 7 nitrogen and oxygen atoms in total. The van der Waals surface area contributed by atoms with Gasteiger partial charge >= 0.3 is 5.97 Å². The summed E-state index contributed by atoms with van der Waals surface area (Å²) in [4.78, 5) is 60.9. The number of ether oxygens (including phenoxy) is 1. The molecule has 0 radical (unpaired) electrons. The van der Waals surface area contributed by atoms with Crippen LogP contribution in [0.25, 0.3) is 22.2 Å². The number of imide groups is 1. The molecule has 1 aliphatic heterocycles. The first kappa shape index (κ1) is 32.6. The first-order valence-corrected chi connectivity index (χ1v) is 18.2. The van der Waals surface area contributed by atoms with E-state index in [2.05, 4.69) is 28.1 Å². The number of benzene rings is 3. The number of hydrogen-bond donors (Lipinski definition) is 0. The summed E-state index contributed by atoms with van der Waals surface area (Å²) in [6, 6.07) is 16.7. The Bertz CT molecular complexity index is 2080. The Hall–Kier alpha value is -3.56. The summed E-state index contributed by atoms with van der Waals surface area (Å²) in [5.41, 5.74) is 3.25. The van der Waals surface area contributed by atoms with E-state index in [9.17, 15) is 19.2 Å². The van der Waals surface area contributed by atoms with Crippen LogP contribution in [0.3, 0.4) is 0 Å². The number of rotatable bonds is 8. The van der Waals surface area contributed by atoms with Gasteiger partial charge in [0.2, 0.25) is 17.6 Å². The molecule has 5 aliphatic rings. The normalized spacial score (nSPS) is 25.4. The number of pyridine rings is 1. The van der Waals surface area contributed by atoms with Gasteiger partial charge in [-0.1, -0.05) is 47.5 Å². The van der Waals surface area contributed by atoms with Crippen LogP contribution in [-0.4, -0.2) is 40.5 Å². The van der Waals surface area contributed by atoms with E-state index in [0.29, 0.717) is 65.3 Å². The van der Waals surface area contributed by atoms with Crippen LogP contribution < -0.4 is 4.90 Å². The number of halogens is 4. The van der Waals surface area contributed by atoms with Gasteiger partial charge in [-0.05, 0) is 107 Å². The second-order valence-electron chi connectivity index (χ2n) is 13.2. The van der Waals surface area contributed by atoms with Crippen molar-refractivity contribution in [2.24, 2.45) is 35.5 Å². The Morgan fingerprint density at radius 3 is 2.20 bits per heavy atom. The van der Waals surface area contributed by atoms with E-state index >= 15 is 0 Å². The van der Waals surface area contributed by atoms with E-state index < -0.39 is 17.9 Å². The standard InChI is InChI=1S/C38H28BrCl3N2O5/c1-17-33(42)28(39)15-26-27(38(48)49-30(12-13-40)35(45)19-2-6-20(41)7-3-19)16-29(43-34(17)26)18-4-8-21(9-5-18)44-36(46)31-22-10-11-23(25-14-24(22)25)32(31)37(44)47/h2-11,15-16,22-25,30-32H,12-14H2,1H3. The Balaban J connectivity index is 1.13. The number of hydrogen-bond acceptors (Lipinski definition) is 6. The Morgan fingerprint density at radius 2 is 1.59 bits per heavy atom. The predicted octanol–water partition coefficient (Wildman–Crippen LogP) is 8.87. The first-order chi connectivity index (χ1) is 23.6. The average molecular weight is 779 g/mol. The topological polar surface area (TPSA) is 93.6 Å². The smallest absolute Gasteiger partial charge is 0.339 e. The highest BCUT2D eigenvalue weighted by molar-refractivity contribution is 9.10. The molecule has 0 spiro atoms. The van der Waals surface area contributed by atoms with Gasteiger partial charge in [-0.15, -0.1) is 11.6 Å². The minimum absolute atomic E-state index is 0.0920. The molecule has 11 heteroatoms. The highest BCUT2D eigenvalue weighted by Crippen LogP contribution is 2.65. The number of aromatic nitrogens is 1. The molecule has 0 N–H and O–H groups in total. The van der Waals surface area contributed by atoms with Crippen molar-refractivity contribution in [3.8, 4) is 11.3 Å². The van der Waals surface area contributed by atoms with E-state index in [1.165, 1.54) is 4.90 Å². The SMILES string of the molecule is Cc1c(Cl)c(Br)cc2c(C(=O)OC(CCCl)C(=O)c3ccc(Cl)cc3)cc(-c3ccc(N4C(=O)C5C6C=CC(C7CC67)C5C4=O)cc3)nc12. The van der Waals surface area contributed by atoms with Gasteiger partial charge in [0.25, 0.3) is 0 Å². The molecule has 4 aromatic rings. The number of aryl methyl sites for hydroxylation is 1. The lowest BCUT2D eigenvalue weighted by atomic mass is 9.63. The van der Waals surface area contributed by atoms with E-state index in [-0.39, 0.29) is 53.4 Å². The van der Waals surface area contributed by atoms with Crippen LogP contribution in [0, 0.1) is 42.4 Å². The fraction of sp³-hybridized carbons (Fsp3) is 0.289. The van der Waals surface area contributed by atoms with Crippen LogP contribution in [0.5, 0.6) is 0 Å². The quantitative estimate of drug-likeness (QED) is 0.0584. The number of esters is 1. The molecular weight excluding hydrogens is 751 g/mol. The lowest BCUT2D eigenvalue weighted by Gasteiger charge is -2.37. The van der Waals surface area contributed by atoms with Crippen LogP contribution in [0.15, 0.2) is 77.3 Å². The van der Waals surface area contributed by atoms with Crippen molar-refractivity contribution < 1.29 is 23.9 Å². The second kappa shape index (κ2) is 12.3. The summed E-state index contributed by atoms with van der Waals surface area (Å²) in [7, 11) is 0. The first-order valence-electron chi connectivity index (χ1n) is 16.1. The molecule has 2 amide bonds. The van der Waals surface area contributed by atoms with Gasteiger partial charge in [-0.3, -0.25) is 19.3 Å². The molecule has 248 valence electrons. The van der Waals surface area contributed by atoms with Crippen LogP contribution in [-0.2, 0) is 14.3 Å². The van der Waals surface area contributed by atoms with Crippen molar-refractivity contribution >= 4 is 90.9 Å². The molecule has 9 rings (SSSR count). The maximum absolute atomic E-state index is 13.9. The van der Waals surface area contributed by atoms with Crippen LogP contribution >= 0.6 is 50.7 Å². The molecule has 3 fully saturated rings. The van der Waals surface area contributed by atoms with E-state index in [1.807, 2.05) is 0 Å². The Labute approximate surface area is 305 Å². The zero-order chi connectivity index (χ0) is 34.3. The average Bonchev–Trinajstić information content (AvgIpc) is 3.89. The fourth-order valence-corrected chi connectivity index (χ4v) is 9.10. The van der Waals surface area contributed by atoms with E-state index in [1.54, 1.807) is 67.6 Å². The van der Waals surface area contributed by atoms with E-state index in [4.69, 9.17) is 44.5 Å². The van der Waals surface area contributed by atoms with Gasteiger partial charge in [0.1, 0.15) is 0 Å². The molecule has 3 aromatic carbocycles. The molecular formula is C38H28BrCl3N2O5. The molecule has 2 bridgehead atoms. The van der Waals surface area contributed by atoms with Crippen molar-refractivity contribution in [3.05, 3.63) is 104 Å². The predicted molar refractivity (Wildman–Crippen MR) is 192 cm³/mol. The largest absolute Gasteiger partial charge is 0.450 e. The zero-order valence-electron chi connectivity index (χ0n) is 26.0. The number of alkyl halides is 1. The van der Waals surface area contributed by atoms with Gasteiger partial charge < -0.3 is 4.74 Å². The van der Waals surface area contributed by atoms with Gasteiger partial charge in [0.15, 0.2) is 6.10 Å². The number of anilines is 1. The third-order valence-corrected chi connectivity index (χ3v) is 12.4. The molecule has 1 aromatic heterocycles. The molecule has 7 unspecified atom stereocenters. The number of carbonyl (C=O) groups excluding carboxylic acids is 4. The van der Waals surface area contributed by atoms with Gasteiger partial charge in [-0.2, -0.15) is 0 Å². The highest BCUT2D eigenvalue weighted by atomic mass is 79.9. The monoisotopic (exact) mass is 776 g/mol. The van der Waals surface area contributed by atoms with Crippen LogP contribution in [0.2, 0.25) is 10.0 Å². The number of ketones is 1. The van der Waals surface area contributed by atoms with Crippen molar-refractivity contribution in [2.45, 2.75) is 25.9 Å².